The van der Waals surface area contributed by atoms with Crippen LogP contribution >= 0.6 is 0 Å². The molecule has 1 heterocycles. The van der Waals surface area contributed by atoms with Crippen molar-refractivity contribution < 1.29 is 23.7 Å². The van der Waals surface area contributed by atoms with Crippen LogP contribution in [0.4, 0.5) is 0 Å². The summed E-state index contributed by atoms with van der Waals surface area (Å²) < 4.78 is 27.3. The molecule has 1 aliphatic rings. The largest absolute Gasteiger partial charge is 0.491 e. The Labute approximate surface area is 177 Å². The number of benzene rings is 2. The highest BCUT2D eigenvalue weighted by atomic mass is 32.2. The molecule has 0 saturated carbocycles. The Hall–Kier alpha value is -1.31. The first kappa shape index (κ1) is 22.4. The Bertz CT molecular complexity index is 717. The lowest BCUT2D eigenvalue weighted by Gasteiger charge is -2.12. The number of rotatable bonds is 14. The highest BCUT2D eigenvalue weighted by Gasteiger charge is 2.29. The molecule has 1 fully saturated rings. The fourth-order valence-electron chi connectivity index (χ4n) is 3.39. The first-order chi connectivity index (χ1) is 14.4. The summed E-state index contributed by atoms with van der Waals surface area (Å²) in [5.74, 6) is 3.61. The monoisotopic (exact) mass is 421 g/mol. The zero-order valence-corrected chi connectivity index (χ0v) is 18.2. The van der Waals surface area contributed by atoms with Crippen LogP contribution in [0.3, 0.4) is 0 Å². The molecule has 160 valence electrons. The molecular formula is C23H33O5S+. The van der Waals surface area contributed by atoms with Crippen molar-refractivity contribution in [2.24, 2.45) is 0 Å². The first-order valence-corrected chi connectivity index (χ1v) is 12.0. The van der Waals surface area contributed by atoms with E-state index in [1.165, 1.54) is 40.0 Å². The van der Waals surface area contributed by atoms with Crippen LogP contribution < -0.4 is 4.74 Å². The van der Waals surface area contributed by atoms with Crippen molar-refractivity contribution >= 4 is 21.7 Å². The van der Waals surface area contributed by atoms with Gasteiger partial charge in [0.1, 0.15) is 23.9 Å². The smallest absolute Gasteiger partial charge is 0.162 e. The summed E-state index contributed by atoms with van der Waals surface area (Å²) in [7, 11) is 2.06. The summed E-state index contributed by atoms with van der Waals surface area (Å²) in [6.07, 6.45) is 2.72. The fraction of sp³-hybridized carbons (Fsp3) is 0.565. The van der Waals surface area contributed by atoms with Gasteiger partial charge in [-0.1, -0.05) is 18.2 Å². The van der Waals surface area contributed by atoms with Crippen LogP contribution in [-0.2, 0) is 29.8 Å². The van der Waals surface area contributed by atoms with Gasteiger partial charge in [0.15, 0.2) is 4.90 Å². The van der Waals surface area contributed by atoms with Crippen molar-refractivity contribution in [3.05, 3.63) is 36.4 Å². The van der Waals surface area contributed by atoms with E-state index in [2.05, 4.69) is 36.4 Å². The van der Waals surface area contributed by atoms with Crippen molar-refractivity contribution in [3.8, 4) is 5.75 Å². The quantitative estimate of drug-likeness (QED) is 0.344. The Kier molecular flexibility index (Phi) is 10.1. The van der Waals surface area contributed by atoms with E-state index in [-0.39, 0.29) is 0 Å². The van der Waals surface area contributed by atoms with Crippen LogP contribution in [0.1, 0.15) is 12.8 Å². The predicted octanol–water partition coefficient (Wildman–Crippen LogP) is 3.69. The standard InChI is InChI=1S/C23H33O5S/c1-24-10-11-25-12-13-26-14-15-27-16-17-28-22-8-9-23(29-18-4-5-19-29)21-7-3-2-6-20(21)22/h2-3,6-9H,4-5,10-19H2,1H3/q+1. The van der Waals surface area contributed by atoms with E-state index in [1.807, 2.05) is 0 Å². The van der Waals surface area contributed by atoms with Gasteiger partial charge < -0.3 is 23.7 Å². The second kappa shape index (κ2) is 13.1. The van der Waals surface area contributed by atoms with Gasteiger partial charge in [-0.2, -0.15) is 0 Å². The molecule has 2 aromatic rings. The molecule has 29 heavy (non-hydrogen) atoms. The number of hydrogen-bond acceptors (Lipinski definition) is 5. The zero-order chi connectivity index (χ0) is 20.2. The minimum atomic E-state index is 0.401. The summed E-state index contributed by atoms with van der Waals surface area (Å²) in [4.78, 5) is 1.50. The minimum Gasteiger partial charge on any atom is -0.491 e. The van der Waals surface area contributed by atoms with Crippen molar-refractivity contribution in [1.29, 1.82) is 0 Å². The van der Waals surface area contributed by atoms with Crippen LogP contribution in [-0.4, -0.2) is 71.5 Å². The molecule has 3 rings (SSSR count). The average Bonchev–Trinajstić information content (AvgIpc) is 3.29. The molecule has 0 bridgehead atoms. The van der Waals surface area contributed by atoms with E-state index in [9.17, 15) is 0 Å². The van der Waals surface area contributed by atoms with Crippen LogP contribution in [0.5, 0.6) is 5.75 Å². The molecule has 0 N–H and O–H groups in total. The molecule has 0 unspecified atom stereocenters. The number of fused-ring (bicyclic) bond motifs is 1. The van der Waals surface area contributed by atoms with Gasteiger partial charge in [0, 0.05) is 28.8 Å². The van der Waals surface area contributed by atoms with Crippen molar-refractivity contribution in [3.63, 3.8) is 0 Å². The second-order valence-electron chi connectivity index (χ2n) is 6.89. The van der Waals surface area contributed by atoms with E-state index in [1.54, 1.807) is 7.11 Å². The molecule has 0 amide bonds. The van der Waals surface area contributed by atoms with Gasteiger partial charge in [0.25, 0.3) is 0 Å². The van der Waals surface area contributed by atoms with Crippen molar-refractivity contribution in [2.45, 2.75) is 17.7 Å². The molecule has 6 heteroatoms. The van der Waals surface area contributed by atoms with Crippen LogP contribution in [0.2, 0.25) is 0 Å². The lowest BCUT2D eigenvalue weighted by atomic mass is 10.1. The van der Waals surface area contributed by atoms with Gasteiger partial charge in [-0.15, -0.1) is 0 Å². The summed E-state index contributed by atoms with van der Waals surface area (Å²) in [5.41, 5.74) is 0. The normalized spacial score (nSPS) is 14.7. The molecule has 2 aromatic carbocycles. The summed E-state index contributed by atoms with van der Waals surface area (Å²) in [6.45, 7) is 4.58. The SMILES string of the molecule is COCCOCCOCCOCCOc1ccc([S+]2CCCC2)c2ccccc12. The Balaban J connectivity index is 1.35. The molecule has 5 nitrogen and oxygen atoms in total. The molecule has 0 radical (unpaired) electrons. The van der Waals surface area contributed by atoms with Gasteiger partial charge in [-0.25, -0.2) is 0 Å². The van der Waals surface area contributed by atoms with E-state index in [4.69, 9.17) is 23.7 Å². The summed E-state index contributed by atoms with van der Waals surface area (Å²) >= 11 is 0. The van der Waals surface area contributed by atoms with E-state index < -0.39 is 0 Å². The fourth-order valence-corrected chi connectivity index (χ4v) is 5.89. The molecule has 0 atom stereocenters. The van der Waals surface area contributed by atoms with Crippen LogP contribution in [0.25, 0.3) is 10.8 Å². The minimum absolute atomic E-state index is 0.401. The maximum Gasteiger partial charge on any atom is 0.162 e. The number of methoxy groups -OCH3 is 1. The topological polar surface area (TPSA) is 46.2 Å². The van der Waals surface area contributed by atoms with Crippen molar-refractivity contribution in [2.75, 3.05) is 71.5 Å². The molecule has 0 spiro atoms. The van der Waals surface area contributed by atoms with E-state index in [0.29, 0.717) is 63.8 Å². The van der Waals surface area contributed by atoms with Crippen LogP contribution in [0.15, 0.2) is 41.3 Å². The third-order valence-corrected chi connectivity index (χ3v) is 7.39. The maximum atomic E-state index is 6.02. The van der Waals surface area contributed by atoms with E-state index in [0.717, 1.165) is 5.75 Å². The van der Waals surface area contributed by atoms with E-state index >= 15 is 0 Å². The third kappa shape index (κ3) is 7.15. The lowest BCUT2D eigenvalue weighted by Crippen LogP contribution is -2.13. The highest BCUT2D eigenvalue weighted by Crippen LogP contribution is 2.34. The van der Waals surface area contributed by atoms with Crippen molar-refractivity contribution in [1.82, 2.24) is 0 Å². The summed E-state index contributed by atoms with van der Waals surface area (Å²) in [5, 5.41) is 2.55. The van der Waals surface area contributed by atoms with Gasteiger partial charge >= 0.3 is 0 Å². The second-order valence-corrected chi connectivity index (χ2v) is 9.14. The first-order valence-electron chi connectivity index (χ1n) is 10.4. The molecule has 1 aliphatic heterocycles. The zero-order valence-electron chi connectivity index (χ0n) is 17.4. The molecule has 0 aromatic heterocycles. The predicted molar refractivity (Wildman–Crippen MR) is 118 cm³/mol. The van der Waals surface area contributed by atoms with Crippen LogP contribution in [0, 0.1) is 0 Å². The lowest BCUT2D eigenvalue weighted by molar-refractivity contribution is 0.000216. The average molecular weight is 422 g/mol. The maximum absolute atomic E-state index is 6.02. The number of hydrogen-bond donors (Lipinski definition) is 0. The Morgan fingerprint density at radius 2 is 1.28 bits per heavy atom. The third-order valence-electron chi connectivity index (χ3n) is 4.85. The Morgan fingerprint density at radius 1 is 0.690 bits per heavy atom. The molecule has 0 aliphatic carbocycles. The van der Waals surface area contributed by atoms with Gasteiger partial charge in [0.05, 0.1) is 46.2 Å². The number of ether oxygens (including phenoxy) is 5. The Morgan fingerprint density at radius 3 is 1.93 bits per heavy atom. The molecular weight excluding hydrogens is 388 g/mol. The van der Waals surface area contributed by atoms with Gasteiger partial charge in [-0.05, 0) is 31.0 Å². The van der Waals surface area contributed by atoms with Gasteiger partial charge in [-0.3, -0.25) is 0 Å². The summed E-state index contributed by atoms with van der Waals surface area (Å²) in [6, 6.07) is 13.0. The highest BCUT2D eigenvalue weighted by molar-refractivity contribution is 7.97. The molecule has 1 saturated heterocycles. The van der Waals surface area contributed by atoms with Gasteiger partial charge in [0.2, 0.25) is 0 Å².